The second-order valence-corrected chi connectivity index (χ2v) is 5.31. The average molecular weight is 286 g/mol. The van der Waals surface area contributed by atoms with E-state index in [-0.39, 0.29) is 12.1 Å². The summed E-state index contributed by atoms with van der Waals surface area (Å²) in [6, 6.07) is 1.49. The summed E-state index contributed by atoms with van der Waals surface area (Å²) in [7, 11) is 0. The minimum absolute atomic E-state index is 0.153. The number of nitrogens with two attached hydrogens (primary N) is 1. The van der Waals surface area contributed by atoms with Crippen molar-refractivity contribution in [1.82, 2.24) is 4.90 Å². The fraction of sp³-hybridized carbons (Fsp3) is 0.600. The molecule has 0 aromatic heterocycles. The van der Waals surface area contributed by atoms with Crippen LogP contribution < -0.4 is 5.73 Å². The van der Waals surface area contributed by atoms with Crippen molar-refractivity contribution in [3.63, 3.8) is 0 Å². The summed E-state index contributed by atoms with van der Waals surface area (Å²) in [6.45, 7) is 2.88. The number of hydrogen-bond donors (Lipinski definition) is 1. The molecule has 2 N–H and O–H groups in total. The Kier molecular flexibility index (Phi) is 5.05. The van der Waals surface area contributed by atoms with Gasteiger partial charge in [0, 0.05) is 24.2 Å². The third kappa shape index (κ3) is 2.99. The van der Waals surface area contributed by atoms with Gasteiger partial charge in [-0.25, -0.2) is 13.2 Å². The molecule has 0 amide bonds. The van der Waals surface area contributed by atoms with Crippen LogP contribution >= 0.6 is 0 Å². The largest absolute Gasteiger partial charge is 0.329 e. The van der Waals surface area contributed by atoms with Gasteiger partial charge in [-0.15, -0.1) is 0 Å². The molecule has 1 saturated carbocycles. The summed E-state index contributed by atoms with van der Waals surface area (Å²) in [4.78, 5) is 2.11. The van der Waals surface area contributed by atoms with Crippen molar-refractivity contribution in [2.75, 3.05) is 13.1 Å². The zero-order chi connectivity index (χ0) is 14.7. The minimum atomic E-state index is -1.16. The lowest BCUT2D eigenvalue weighted by Gasteiger charge is -2.35. The second-order valence-electron chi connectivity index (χ2n) is 5.31. The summed E-state index contributed by atoms with van der Waals surface area (Å²) in [5.74, 6) is -2.91. The quantitative estimate of drug-likeness (QED) is 0.841. The molecule has 1 aromatic rings. The maximum Gasteiger partial charge on any atom is 0.161 e. The van der Waals surface area contributed by atoms with E-state index < -0.39 is 23.5 Å². The molecular weight excluding hydrogens is 265 g/mol. The van der Waals surface area contributed by atoms with Crippen LogP contribution in [0.5, 0.6) is 0 Å². The molecule has 2 nitrogen and oxygen atoms in total. The van der Waals surface area contributed by atoms with Gasteiger partial charge in [-0.3, -0.25) is 4.90 Å². The van der Waals surface area contributed by atoms with E-state index >= 15 is 0 Å². The predicted molar refractivity (Wildman–Crippen MR) is 72.7 cm³/mol. The molecule has 20 heavy (non-hydrogen) atoms. The summed E-state index contributed by atoms with van der Waals surface area (Å²) >= 11 is 0. The highest BCUT2D eigenvalue weighted by Gasteiger charge is 2.30. The van der Waals surface area contributed by atoms with Gasteiger partial charge < -0.3 is 5.73 Å². The van der Waals surface area contributed by atoms with Gasteiger partial charge in [0.25, 0.3) is 0 Å². The Labute approximate surface area is 117 Å². The van der Waals surface area contributed by atoms with Crippen LogP contribution in [0.25, 0.3) is 0 Å². The van der Waals surface area contributed by atoms with Gasteiger partial charge in [0.15, 0.2) is 11.6 Å². The highest BCUT2D eigenvalue weighted by atomic mass is 19.2. The van der Waals surface area contributed by atoms with Crippen molar-refractivity contribution in [2.45, 2.75) is 44.7 Å². The van der Waals surface area contributed by atoms with Gasteiger partial charge in [-0.05, 0) is 25.5 Å². The SMILES string of the molecule is CCN(C1CCCC1)C(CN)c1cc(F)c(F)cc1F. The molecule has 5 heteroatoms. The summed E-state index contributed by atoms with van der Waals surface area (Å²) < 4.78 is 40.4. The Hall–Kier alpha value is -1.07. The molecule has 112 valence electrons. The van der Waals surface area contributed by atoms with Crippen LogP contribution in [0, 0.1) is 17.5 Å². The van der Waals surface area contributed by atoms with Gasteiger partial charge in [-0.1, -0.05) is 19.8 Å². The summed E-state index contributed by atoms with van der Waals surface area (Å²) in [6.07, 6.45) is 4.41. The number of halogens is 3. The van der Waals surface area contributed by atoms with E-state index in [4.69, 9.17) is 5.73 Å². The zero-order valence-corrected chi connectivity index (χ0v) is 11.7. The lowest BCUT2D eigenvalue weighted by molar-refractivity contribution is 0.144. The molecular formula is C15H21F3N2. The van der Waals surface area contributed by atoms with E-state index in [0.29, 0.717) is 18.7 Å². The Balaban J connectivity index is 2.32. The van der Waals surface area contributed by atoms with Crippen molar-refractivity contribution in [1.29, 1.82) is 0 Å². The van der Waals surface area contributed by atoms with Gasteiger partial charge in [0.05, 0.1) is 6.04 Å². The molecule has 0 heterocycles. The van der Waals surface area contributed by atoms with Crippen LogP contribution in [0.1, 0.15) is 44.2 Å². The van der Waals surface area contributed by atoms with E-state index in [9.17, 15) is 13.2 Å². The van der Waals surface area contributed by atoms with Crippen LogP contribution in [-0.2, 0) is 0 Å². The lowest BCUT2D eigenvalue weighted by Crippen LogP contribution is -2.40. The minimum Gasteiger partial charge on any atom is -0.329 e. The molecule has 2 rings (SSSR count). The monoisotopic (exact) mass is 286 g/mol. The Morgan fingerprint density at radius 2 is 1.75 bits per heavy atom. The van der Waals surface area contributed by atoms with Gasteiger partial charge >= 0.3 is 0 Å². The molecule has 1 aliphatic carbocycles. The topological polar surface area (TPSA) is 29.3 Å². The van der Waals surface area contributed by atoms with Gasteiger partial charge in [0.2, 0.25) is 0 Å². The Morgan fingerprint density at radius 1 is 1.15 bits per heavy atom. The van der Waals surface area contributed by atoms with Crippen LogP contribution in [0.15, 0.2) is 12.1 Å². The fourth-order valence-electron chi connectivity index (χ4n) is 3.20. The molecule has 1 unspecified atom stereocenters. The first-order chi connectivity index (χ1) is 9.58. The number of rotatable bonds is 5. The van der Waals surface area contributed by atoms with Gasteiger partial charge in [0.1, 0.15) is 5.82 Å². The standard InChI is InChI=1S/C15H21F3N2/c1-2-20(10-5-3-4-6-10)15(9-19)11-7-13(17)14(18)8-12(11)16/h7-8,10,15H,2-6,9,19H2,1H3. The molecule has 0 bridgehead atoms. The molecule has 0 aliphatic heterocycles. The number of likely N-dealkylation sites (N-methyl/N-ethyl adjacent to an activating group) is 1. The first-order valence-electron chi connectivity index (χ1n) is 7.18. The van der Waals surface area contributed by atoms with E-state index in [1.54, 1.807) is 0 Å². The zero-order valence-electron chi connectivity index (χ0n) is 11.7. The van der Waals surface area contributed by atoms with Crippen LogP contribution in [-0.4, -0.2) is 24.0 Å². The first-order valence-corrected chi connectivity index (χ1v) is 7.18. The molecule has 1 aliphatic rings. The Morgan fingerprint density at radius 3 is 2.30 bits per heavy atom. The summed E-state index contributed by atoms with van der Waals surface area (Å²) in [5.41, 5.74) is 5.93. The predicted octanol–water partition coefficient (Wildman–Crippen LogP) is 3.37. The number of benzene rings is 1. The molecule has 1 aromatic carbocycles. The van der Waals surface area contributed by atoms with Crippen molar-refractivity contribution in [3.8, 4) is 0 Å². The Bertz CT molecular complexity index is 459. The molecule has 0 radical (unpaired) electrons. The van der Waals surface area contributed by atoms with Crippen LogP contribution in [0.4, 0.5) is 13.2 Å². The summed E-state index contributed by atoms with van der Waals surface area (Å²) in [5, 5.41) is 0. The van der Waals surface area contributed by atoms with Crippen LogP contribution in [0.3, 0.4) is 0 Å². The number of hydrogen-bond acceptors (Lipinski definition) is 2. The van der Waals surface area contributed by atoms with Crippen molar-refractivity contribution in [2.24, 2.45) is 5.73 Å². The van der Waals surface area contributed by atoms with E-state index in [1.165, 1.54) is 0 Å². The molecule has 0 saturated heterocycles. The van der Waals surface area contributed by atoms with E-state index in [2.05, 4.69) is 4.90 Å². The molecule has 1 fully saturated rings. The maximum atomic E-state index is 14.0. The molecule has 1 atom stereocenters. The van der Waals surface area contributed by atoms with E-state index in [1.807, 2.05) is 6.92 Å². The van der Waals surface area contributed by atoms with Gasteiger partial charge in [-0.2, -0.15) is 0 Å². The van der Waals surface area contributed by atoms with Crippen molar-refractivity contribution >= 4 is 0 Å². The number of nitrogens with zero attached hydrogens (tertiary/aromatic N) is 1. The van der Waals surface area contributed by atoms with E-state index in [0.717, 1.165) is 31.7 Å². The lowest BCUT2D eigenvalue weighted by atomic mass is 10.0. The van der Waals surface area contributed by atoms with Crippen LogP contribution in [0.2, 0.25) is 0 Å². The highest BCUT2D eigenvalue weighted by molar-refractivity contribution is 5.24. The highest BCUT2D eigenvalue weighted by Crippen LogP contribution is 2.32. The maximum absolute atomic E-state index is 14.0. The molecule has 0 spiro atoms. The van der Waals surface area contributed by atoms with Crippen molar-refractivity contribution < 1.29 is 13.2 Å². The smallest absolute Gasteiger partial charge is 0.161 e. The van der Waals surface area contributed by atoms with Crippen molar-refractivity contribution in [3.05, 3.63) is 35.1 Å². The second kappa shape index (κ2) is 6.59. The average Bonchev–Trinajstić information content (AvgIpc) is 2.94. The fourth-order valence-corrected chi connectivity index (χ4v) is 3.20. The normalized spacial score (nSPS) is 17.9. The third-order valence-corrected chi connectivity index (χ3v) is 4.18. The first kappa shape index (κ1) is 15.3. The third-order valence-electron chi connectivity index (χ3n) is 4.18.